The fraction of sp³-hybridized carbons (Fsp3) is 0.250. The molecule has 2 aromatic carbocycles. The summed E-state index contributed by atoms with van der Waals surface area (Å²) in [7, 11) is 0. The van der Waals surface area contributed by atoms with E-state index in [-0.39, 0.29) is 17.5 Å². The average Bonchev–Trinajstić information content (AvgIpc) is 3.43. The van der Waals surface area contributed by atoms with Crippen LogP contribution in [0.15, 0.2) is 59.8 Å². The molecule has 0 atom stereocenters. The van der Waals surface area contributed by atoms with Gasteiger partial charge < -0.3 is 4.90 Å². The fourth-order valence-electron chi connectivity index (χ4n) is 2.88. The summed E-state index contributed by atoms with van der Waals surface area (Å²) in [6, 6.07) is 16.7. The van der Waals surface area contributed by atoms with Crippen molar-refractivity contribution in [1.29, 1.82) is 0 Å². The van der Waals surface area contributed by atoms with Crippen molar-refractivity contribution in [2.75, 3.05) is 5.75 Å². The smallest absolute Gasteiger partial charge is 0.233 e. The third-order valence-corrected chi connectivity index (χ3v) is 5.25. The van der Waals surface area contributed by atoms with E-state index in [1.165, 1.54) is 17.8 Å². The zero-order valence-corrected chi connectivity index (χ0v) is 15.5. The summed E-state index contributed by atoms with van der Waals surface area (Å²) in [6.45, 7) is 0.624. The van der Waals surface area contributed by atoms with Crippen molar-refractivity contribution in [3.8, 4) is 11.4 Å². The third kappa shape index (κ3) is 4.36. The van der Waals surface area contributed by atoms with Gasteiger partial charge in [0.15, 0.2) is 5.82 Å². The van der Waals surface area contributed by atoms with E-state index in [2.05, 4.69) is 15.2 Å². The summed E-state index contributed by atoms with van der Waals surface area (Å²) in [6.07, 6.45) is 2.11. The maximum absolute atomic E-state index is 13.9. The molecule has 4 rings (SSSR count). The van der Waals surface area contributed by atoms with Crippen molar-refractivity contribution in [2.45, 2.75) is 30.6 Å². The number of amides is 1. The molecule has 7 heteroatoms. The van der Waals surface area contributed by atoms with Gasteiger partial charge in [-0.25, -0.2) is 9.37 Å². The van der Waals surface area contributed by atoms with Crippen molar-refractivity contribution in [2.24, 2.45) is 0 Å². The Morgan fingerprint density at radius 3 is 2.63 bits per heavy atom. The van der Waals surface area contributed by atoms with Crippen LogP contribution < -0.4 is 0 Å². The lowest BCUT2D eigenvalue weighted by molar-refractivity contribution is -0.129. The summed E-state index contributed by atoms with van der Waals surface area (Å²) < 4.78 is 13.9. The summed E-state index contributed by atoms with van der Waals surface area (Å²) >= 11 is 1.27. The molecule has 27 heavy (non-hydrogen) atoms. The number of hydrogen-bond donors (Lipinski definition) is 1. The second-order valence-corrected chi connectivity index (χ2v) is 7.42. The number of thioether (sulfide) groups is 1. The molecule has 1 aliphatic carbocycles. The van der Waals surface area contributed by atoms with Crippen LogP contribution in [-0.2, 0) is 11.3 Å². The van der Waals surface area contributed by atoms with Crippen LogP contribution in [0.3, 0.4) is 0 Å². The molecule has 0 radical (unpaired) electrons. The van der Waals surface area contributed by atoms with Gasteiger partial charge in [0, 0.05) is 12.6 Å². The molecule has 0 saturated heterocycles. The van der Waals surface area contributed by atoms with Gasteiger partial charge in [-0.2, -0.15) is 0 Å². The Kier molecular flexibility index (Phi) is 5.20. The third-order valence-electron chi connectivity index (χ3n) is 4.42. The zero-order valence-electron chi connectivity index (χ0n) is 14.6. The lowest BCUT2D eigenvalue weighted by Crippen LogP contribution is -2.33. The Balaban J connectivity index is 1.39. The van der Waals surface area contributed by atoms with Crippen LogP contribution in [0.4, 0.5) is 4.39 Å². The number of H-pyrrole nitrogens is 1. The van der Waals surface area contributed by atoms with Crippen LogP contribution in [-0.4, -0.2) is 37.8 Å². The second kappa shape index (κ2) is 7.92. The van der Waals surface area contributed by atoms with E-state index < -0.39 is 0 Å². The van der Waals surface area contributed by atoms with Crippen molar-refractivity contribution in [3.05, 3.63) is 66.0 Å². The van der Waals surface area contributed by atoms with Crippen LogP contribution in [0.1, 0.15) is 18.4 Å². The van der Waals surface area contributed by atoms with Crippen molar-refractivity contribution in [1.82, 2.24) is 20.1 Å². The largest absolute Gasteiger partial charge is 0.335 e. The number of aromatic amines is 1. The van der Waals surface area contributed by atoms with Gasteiger partial charge in [0.25, 0.3) is 0 Å². The number of nitrogens with zero attached hydrogens (tertiary/aromatic N) is 3. The first-order valence-electron chi connectivity index (χ1n) is 8.84. The number of carbonyl (C=O) groups excluding carboxylic acids is 1. The molecule has 1 saturated carbocycles. The molecule has 0 spiro atoms. The van der Waals surface area contributed by atoms with Gasteiger partial charge in [0.1, 0.15) is 5.82 Å². The van der Waals surface area contributed by atoms with Gasteiger partial charge in [-0.1, -0.05) is 54.2 Å². The number of rotatable bonds is 7. The predicted octanol–water partition coefficient (Wildman–Crippen LogP) is 3.89. The Bertz CT molecular complexity index is 926. The first-order valence-corrected chi connectivity index (χ1v) is 9.83. The van der Waals surface area contributed by atoms with Gasteiger partial charge in [0.05, 0.1) is 11.3 Å². The Morgan fingerprint density at radius 2 is 1.89 bits per heavy atom. The maximum atomic E-state index is 13.9. The lowest BCUT2D eigenvalue weighted by Gasteiger charge is -2.22. The SMILES string of the molecule is O=C(CSc1n[nH]c(-c2ccccc2F)n1)N(Cc1ccccc1)C1CC1. The minimum atomic E-state index is -0.357. The molecule has 3 aromatic rings. The molecule has 0 bridgehead atoms. The molecule has 1 N–H and O–H groups in total. The Hall–Kier alpha value is -2.67. The van der Waals surface area contributed by atoms with Crippen molar-refractivity contribution < 1.29 is 9.18 Å². The van der Waals surface area contributed by atoms with Crippen LogP contribution >= 0.6 is 11.8 Å². The normalized spacial score (nSPS) is 13.5. The standard InChI is InChI=1S/C20H19FN4OS/c21-17-9-5-4-8-16(17)19-22-20(24-23-19)27-13-18(26)25(15-10-11-15)12-14-6-2-1-3-7-14/h1-9,15H,10-13H2,(H,22,23,24). The highest BCUT2D eigenvalue weighted by atomic mass is 32.2. The van der Waals surface area contributed by atoms with E-state index in [1.807, 2.05) is 35.2 Å². The summed E-state index contributed by atoms with van der Waals surface area (Å²) in [5.41, 5.74) is 1.49. The average molecular weight is 382 g/mol. The number of benzene rings is 2. The maximum Gasteiger partial charge on any atom is 0.233 e. The molecule has 1 aliphatic rings. The number of aromatic nitrogens is 3. The molecule has 0 unspecified atom stereocenters. The van der Waals surface area contributed by atoms with Gasteiger partial charge in [-0.15, -0.1) is 5.10 Å². The van der Waals surface area contributed by atoms with Crippen LogP contribution in [0.25, 0.3) is 11.4 Å². The van der Waals surface area contributed by atoms with E-state index in [1.54, 1.807) is 18.2 Å². The molecular weight excluding hydrogens is 363 g/mol. The minimum absolute atomic E-state index is 0.0728. The molecule has 1 fully saturated rings. The number of halogens is 1. The monoisotopic (exact) mass is 382 g/mol. The Labute approximate surface area is 161 Å². The molecule has 0 aliphatic heterocycles. The van der Waals surface area contributed by atoms with Crippen molar-refractivity contribution >= 4 is 17.7 Å². The van der Waals surface area contributed by atoms with Gasteiger partial charge in [-0.3, -0.25) is 9.89 Å². The topological polar surface area (TPSA) is 61.9 Å². The number of nitrogens with one attached hydrogen (secondary N) is 1. The quantitative estimate of drug-likeness (QED) is 0.630. The minimum Gasteiger partial charge on any atom is -0.335 e. The van der Waals surface area contributed by atoms with Gasteiger partial charge in [0.2, 0.25) is 11.1 Å². The Morgan fingerprint density at radius 1 is 1.15 bits per heavy atom. The molecule has 1 amide bonds. The predicted molar refractivity (Wildman–Crippen MR) is 103 cm³/mol. The highest BCUT2D eigenvalue weighted by Crippen LogP contribution is 2.30. The van der Waals surface area contributed by atoms with E-state index in [9.17, 15) is 9.18 Å². The van der Waals surface area contributed by atoms with E-state index in [4.69, 9.17) is 0 Å². The highest BCUT2D eigenvalue weighted by Gasteiger charge is 2.32. The van der Waals surface area contributed by atoms with Crippen LogP contribution in [0.5, 0.6) is 0 Å². The van der Waals surface area contributed by atoms with E-state index in [0.29, 0.717) is 29.1 Å². The second-order valence-electron chi connectivity index (χ2n) is 6.47. The highest BCUT2D eigenvalue weighted by molar-refractivity contribution is 7.99. The van der Waals surface area contributed by atoms with Crippen molar-refractivity contribution in [3.63, 3.8) is 0 Å². The fourth-order valence-corrected chi connectivity index (χ4v) is 3.57. The van der Waals surface area contributed by atoms with Gasteiger partial charge >= 0.3 is 0 Å². The number of carbonyl (C=O) groups is 1. The van der Waals surface area contributed by atoms with E-state index >= 15 is 0 Å². The summed E-state index contributed by atoms with van der Waals surface area (Å²) in [4.78, 5) is 19.0. The molecule has 5 nitrogen and oxygen atoms in total. The van der Waals surface area contributed by atoms with E-state index in [0.717, 1.165) is 18.4 Å². The first kappa shape index (κ1) is 17.7. The molecular formula is C20H19FN4OS. The summed E-state index contributed by atoms with van der Waals surface area (Å²) in [5, 5.41) is 7.28. The first-order chi connectivity index (χ1) is 13.2. The molecule has 138 valence electrons. The zero-order chi connectivity index (χ0) is 18.6. The number of hydrogen-bond acceptors (Lipinski definition) is 4. The van der Waals surface area contributed by atoms with Gasteiger partial charge in [-0.05, 0) is 30.5 Å². The summed E-state index contributed by atoms with van der Waals surface area (Å²) in [5.74, 6) is 0.344. The van der Waals surface area contributed by atoms with Crippen LogP contribution in [0, 0.1) is 5.82 Å². The molecule has 1 heterocycles. The van der Waals surface area contributed by atoms with Crippen LogP contribution in [0.2, 0.25) is 0 Å². The lowest BCUT2D eigenvalue weighted by atomic mass is 10.2. The molecule has 1 aromatic heterocycles.